The third-order valence-electron chi connectivity index (χ3n) is 6.37. The molecule has 4 aromatic carbocycles. The van der Waals surface area contributed by atoms with E-state index in [1.54, 1.807) is 66.7 Å². The van der Waals surface area contributed by atoms with Crippen LogP contribution in [0.25, 0.3) is 16.3 Å². The monoisotopic (exact) mass is 660 g/mol. The predicted molar refractivity (Wildman–Crippen MR) is 182 cm³/mol. The fourth-order valence-electron chi connectivity index (χ4n) is 4.18. The summed E-state index contributed by atoms with van der Waals surface area (Å²) in [5.74, 6) is -1.20. The number of carbonyl (C=O) groups excluding carboxylic acids is 3. The van der Waals surface area contributed by atoms with E-state index in [-0.39, 0.29) is 11.6 Å². The molecule has 44 heavy (non-hydrogen) atoms. The Morgan fingerprint density at radius 1 is 0.886 bits per heavy atom. The Balaban J connectivity index is 1.32. The molecule has 0 aliphatic heterocycles. The van der Waals surface area contributed by atoms with Gasteiger partial charge < -0.3 is 16.0 Å². The van der Waals surface area contributed by atoms with Gasteiger partial charge in [0.2, 0.25) is 5.91 Å². The van der Waals surface area contributed by atoms with E-state index in [1.165, 1.54) is 29.2 Å². The number of nitrogens with one attached hydrogen (secondary N) is 3. The molecular weight excluding hydrogens is 635 g/mol. The molecule has 5 aromatic rings. The van der Waals surface area contributed by atoms with Crippen molar-refractivity contribution in [2.24, 2.45) is 0 Å². The lowest BCUT2D eigenvalue weighted by Gasteiger charge is -2.15. The summed E-state index contributed by atoms with van der Waals surface area (Å²) in [5, 5.41) is 9.27. The van der Waals surface area contributed by atoms with E-state index in [2.05, 4.69) is 20.9 Å². The summed E-state index contributed by atoms with van der Waals surface area (Å²) in [4.78, 5) is 44.9. The zero-order chi connectivity index (χ0) is 31.1. The number of aromatic nitrogens is 1. The third kappa shape index (κ3) is 7.86. The van der Waals surface area contributed by atoms with Crippen LogP contribution in [0.2, 0.25) is 10.0 Å². The molecule has 222 valence electrons. The second kappa shape index (κ2) is 14.5. The molecule has 0 bridgehead atoms. The Kier molecular flexibility index (Phi) is 10.3. The summed E-state index contributed by atoms with van der Waals surface area (Å²) in [5.41, 5.74) is 2.04. The number of thioether (sulfide) groups is 1. The Hall–Kier alpha value is -4.15. The van der Waals surface area contributed by atoms with E-state index in [0.717, 1.165) is 15.1 Å². The van der Waals surface area contributed by atoms with Crippen LogP contribution >= 0.6 is 46.3 Å². The maximum atomic E-state index is 13.5. The molecule has 0 saturated heterocycles. The molecular formula is C33H26Cl2N4O3S2. The van der Waals surface area contributed by atoms with Gasteiger partial charge in [-0.25, -0.2) is 4.98 Å². The molecule has 1 unspecified atom stereocenters. The SMILES string of the molecule is CCC(Sc1cccc(NC(=O)/C(=C\c2c(Cl)cccc2Cl)NC(=O)c2ccccc2)c1)C(=O)Nc1nc2ccccc2s1. The zero-order valence-electron chi connectivity index (χ0n) is 23.3. The molecule has 0 aliphatic rings. The summed E-state index contributed by atoms with van der Waals surface area (Å²) >= 11 is 15.5. The van der Waals surface area contributed by atoms with Gasteiger partial charge in [0.1, 0.15) is 5.70 Å². The zero-order valence-corrected chi connectivity index (χ0v) is 26.5. The Bertz CT molecular complexity index is 1810. The average molecular weight is 662 g/mol. The first kappa shape index (κ1) is 31.3. The number of para-hydroxylation sites is 1. The first-order chi connectivity index (χ1) is 21.3. The predicted octanol–water partition coefficient (Wildman–Crippen LogP) is 8.52. The summed E-state index contributed by atoms with van der Waals surface area (Å²) in [6, 6.07) is 28.4. The third-order valence-corrected chi connectivity index (χ3v) is 9.34. The molecule has 0 fully saturated rings. The van der Waals surface area contributed by atoms with Gasteiger partial charge in [-0.05, 0) is 67.1 Å². The molecule has 0 aliphatic carbocycles. The minimum absolute atomic E-state index is 0.0476. The van der Waals surface area contributed by atoms with Crippen molar-refractivity contribution in [1.29, 1.82) is 0 Å². The number of amides is 3. The number of anilines is 2. The van der Waals surface area contributed by atoms with Gasteiger partial charge in [0.15, 0.2) is 5.13 Å². The summed E-state index contributed by atoms with van der Waals surface area (Å²) in [6.07, 6.45) is 2.02. The summed E-state index contributed by atoms with van der Waals surface area (Å²) < 4.78 is 0.997. The molecule has 0 radical (unpaired) electrons. The molecule has 7 nitrogen and oxygen atoms in total. The first-order valence-electron chi connectivity index (χ1n) is 13.6. The van der Waals surface area contributed by atoms with Gasteiger partial charge in [-0.2, -0.15) is 0 Å². The summed E-state index contributed by atoms with van der Waals surface area (Å²) in [6.45, 7) is 1.94. The van der Waals surface area contributed by atoms with Crippen molar-refractivity contribution >= 4 is 91.1 Å². The maximum Gasteiger partial charge on any atom is 0.272 e. The lowest BCUT2D eigenvalue weighted by molar-refractivity contribution is -0.116. The number of hydrogen-bond donors (Lipinski definition) is 3. The van der Waals surface area contributed by atoms with Gasteiger partial charge in [-0.1, -0.05) is 83.9 Å². The van der Waals surface area contributed by atoms with Gasteiger partial charge in [-0.3, -0.25) is 14.4 Å². The van der Waals surface area contributed by atoms with E-state index in [1.807, 2.05) is 37.3 Å². The van der Waals surface area contributed by atoms with Crippen LogP contribution in [-0.2, 0) is 9.59 Å². The van der Waals surface area contributed by atoms with Gasteiger partial charge in [-0.15, -0.1) is 11.8 Å². The smallest absolute Gasteiger partial charge is 0.272 e. The van der Waals surface area contributed by atoms with Gasteiger partial charge >= 0.3 is 0 Å². The summed E-state index contributed by atoms with van der Waals surface area (Å²) in [7, 11) is 0. The highest BCUT2D eigenvalue weighted by Crippen LogP contribution is 2.31. The van der Waals surface area contributed by atoms with Crippen LogP contribution in [0.3, 0.4) is 0 Å². The number of hydrogen-bond acceptors (Lipinski definition) is 6. The fourth-order valence-corrected chi connectivity index (χ4v) is 6.57. The molecule has 1 heterocycles. The van der Waals surface area contributed by atoms with Crippen LogP contribution in [0.5, 0.6) is 0 Å². The Labute approximate surface area is 272 Å². The van der Waals surface area contributed by atoms with Gasteiger partial charge in [0.25, 0.3) is 11.8 Å². The molecule has 0 spiro atoms. The number of thiazole rings is 1. The van der Waals surface area contributed by atoms with E-state index >= 15 is 0 Å². The van der Waals surface area contributed by atoms with E-state index in [4.69, 9.17) is 23.2 Å². The van der Waals surface area contributed by atoms with Crippen molar-refractivity contribution in [3.8, 4) is 0 Å². The van der Waals surface area contributed by atoms with Gasteiger partial charge in [0, 0.05) is 31.8 Å². The Morgan fingerprint density at radius 2 is 1.59 bits per heavy atom. The van der Waals surface area contributed by atoms with Crippen LogP contribution in [-0.4, -0.2) is 28.0 Å². The molecule has 11 heteroatoms. The highest BCUT2D eigenvalue weighted by atomic mass is 35.5. The normalized spacial score (nSPS) is 12.0. The molecule has 3 N–H and O–H groups in total. The lowest BCUT2D eigenvalue weighted by Crippen LogP contribution is -2.30. The van der Waals surface area contributed by atoms with Crippen LogP contribution in [0.1, 0.15) is 29.3 Å². The van der Waals surface area contributed by atoms with E-state index < -0.39 is 17.1 Å². The molecule has 1 aromatic heterocycles. The molecule has 5 rings (SSSR count). The number of nitrogens with zero attached hydrogens (tertiary/aromatic N) is 1. The standard InChI is InChI=1S/C33H26Cl2N4O3S2/c1-2-28(32(42)39-33-38-26-16-6-7-17-29(26)44-33)43-22-13-8-12-21(18-22)36-31(41)27(19-23-24(34)14-9-15-25(23)35)37-30(40)20-10-4-3-5-11-20/h3-19,28H,2H2,1H3,(H,36,41)(H,37,40)(H,38,39,42)/b27-19+. The quantitative estimate of drug-likeness (QED) is 0.103. The molecule has 0 saturated carbocycles. The number of halogens is 2. The van der Waals surface area contributed by atoms with E-state index in [9.17, 15) is 14.4 Å². The second-order valence-corrected chi connectivity index (χ2v) is 12.6. The van der Waals surface area contributed by atoms with Crippen LogP contribution in [0.15, 0.2) is 108 Å². The number of benzene rings is 4. The number of fused-ring (bicyclic) bond motifs is 1. The van der Waals surface area contributed by atoms with E-state index in [0.29, 0.717) is 38.4 Å². The van der Waals surface area contributed by atoms with Crippen LogP contribution in [0.4, 0.5) is 10.8 Å². The number of carbonyl (C=O) groups is 3. The second-order valence-electron chi connectivity index (χ2n) is 9.49. The van der Waals surface area contributed by atoms with Crippen molar-refractivity contribution < 1.29 is 14.4 Å². The highest BCUT2D eigenvalue weighted by molar-refractivity contribution is 8.00. The lowest BCUT2D eigenvalue weighted by atomic mass is 10.1. The highest BCUT2D eigenvalue weighted by Gasteiger charge is 2.21. The Morgan fingerprint density at radius 3 is 2.32 bits per heavy atom. The van der Waals surface area contributed by atoms with Gasteiger partial charge in [0.05, 0.1) is 15.5 Å². The van der Waals surface area contributed by atoms with Crippen LogP contribution in [0, 0.1) is 0 Å². The maximum absolute atomic E-state index is 13.5. The van der Waals surface area contributed by atoms with Crippen molar-refractivity contribution in [2.45, 2.75) is 23.5 Å². The first-order valence-corrected chi connectivity index (χ1v) is 16.0. The topological polar surface area (TPSA) is 100 Å². The van der Waals surface area contributed by atoms with Crippen molar-refractivity contribution in [3.63, 3.8) is 0 Å². The molecule has 1 atom stereocenters. The average Bonchev–Trinajstić information content (AvgIpc) is 3.44. The van der Waals surface area contributed by atoms with Crippen LogP contribution < -0.4 is 16.0 Å². The minimum atomic E-state index is -0.576. The van der Waals surface area contributed by atoms with Crippen molar-refractivity contribution in [3.05, 3.63) is 124 Å². The minimum Gasteiger partial charge on any atom is -0.321 e. The van der Waals surface area contributed by atoms with Crippen molar-refractivity contribution in [1.82, 2.24) is 10.3 Å². The fraction of sp³-hybridized carbons (Fsp3) is 0.0909. The largest absolute Gasteiger partial charge is 0.321 e. The van der Waals surface area contributed by atoms with Crippen molar-refractivity contribution in [2.75, 3.05) is 10.6 Å². The number of rotatable bonds is 10. The molecule has 3 amide bonds.